The first-order valence-electron chi connectivity index (χ1n) is 10.1. The quantitative estimate of drug-likeness (QED) is 0.767. The third kappa shape index (κ3) is 6.42. The smallest absolute Gasteiger partial charge is 0.407 e. The lowest BCUT2D eigenvalue weighted by atomic mass is 10.0. The molecule has 0 radical (unpaired) electrons. The van der Waals surface area contributed by atoms with Crippen LogP contribution in [-0.2, 0) is 11.3 Å². The maximum atomic E-state index is 12.1. The van der Waals surface area contributed by atoms with Gasteiger partial charge < -0.3 is 15.8 Å². The molecule has 3 N–H and O–H groups in total. The lowest BCUT2D eigenvalue weighted by Gasteiger charge is -2.33. The van der Waals surface area contributed by atoms with Gasteiger partial charge in [0.15, 0.2) is 0 Å². The highest BCUT2D eigenvalue weighted by Crippen LogP contribution is 2.23. The van der Waals surface area contributed by atoms with Gasteiger partial charge in [-0.3, -0.25) is 4.90 Å². The Hall–Kier alpha value is -2.67. The predicted molar refractivity (Wildman–Crippen MR) is 114 cm³/mol. The van der Waals surface area contributed by atoms with E-state index < -0.39 is 5.60 Å². The van der Waals surface area contributed by atoms with Crippen molar-refractivity contribution >= 4 is 11.8 Å². The van der Waals surface area contributed by atoms with Crippen molar-refractivity contribution in [3.05, 3.63) is 41.6 Å². The maximum Gasteiger partial charge on any atom is 0.407 e. The van der Waals surface area contributed by atoms with Crippen molar-refractivity contribution in [1.82, 2.24) is 20.4 Å². The SMILES string of the molecule is Cc1ccc(-c2cc(N)cc(CN3CCC[C@H](NC(=O)OC(C)(C)C)C3)c2)nn1. The zero-order chi connectivity index (χ0) is 21.0. The number of likely N-dealkylation sites (tertiary alicyclic amines) is 1. The summed E-state index contributed by atoms with van der Waals surface area (Å²) in [6.45, 7) is 10.1. The van der Waals surface area contributed by atoms with Crippen LogP contribution in [0.15, 0.2) is 30.3 Å². The molecule has 1 aromatic heterocycles. The monoisotopic (exact) mass is 397 g/mol. The van der Waals surface area contributed by atoms with Crippen molar-refractivity contribution in [3.63, 3.8) is 0 Å². The van der Waals surface area contributed by atoms with Crippen LogP contribution in [0.4, 0.5) is 10.5 Å². The van der Waals surface area contributed by atoms with Gasteiger partial charge in [-0.15, -0.1) is 0 Å². The van der Waals surface area contributed by atoms with Crippen LogP contribution in [0.25, 0.3) is 11.3 Å². The van der Waals surface area contributed by atoms with Crippen molar-refractivity contribution in [2.45, 2.75) is 58.7 Å². The van der Waals surface area contributed by atoms with E-state index >= 15 is 0 Å². The number of aromatic nitrogens is 2. The van der Waals surface area contributed by atoms with Crippen LogP contribution in [0.3, 0.4) is 0 Å². The van der Waals surface area contributed by atoms with E-state index in [4.69, 9.17) is 10.5 Å². The van der Waals surface area contributed by atoms with E-state index in [1.165, 1.54) is 0 Å². The summed E-state index contributed by atoms with van der Waals surface area (Å²) < 4.78 is 5.38. The molecular weight excluding hydrogens is 366 g/mol. The van der Waals surface area contributed by atoms with Crippen molar-refractivity contribution < 1.29 is 9.53 Å². The average Bonchev–Trinajstić information content (AvgIpc) is 2.60. The minimum Gasteiger partial charge on any atom is -0.444 e. The molecule has 1 aromatic carbocycles. The average molecular weight is 398 g/mol. The number of carbonyl (C=O) groups is 1. The molecule has 3 rings (SSSR count). The number of ether oxygens (including phenoxy) is 1. The number of anilines is 1. The van der Waals surface area contributed by atoms with Crippen LogP contribution in [0.1, 0.15) is 44.9 Å². The molecule has 156 valence electrons. The van der Waals surface area contributed by atoms with E-state index in [1.54, 1.807) is 0 Å². The van der Waals surface area contributed by atoms with Crippen LogP contribution >= 0.6 is 0 Å². The first-order chi connectivity index (χ1) is 13.7. The van der Waals surface area contributed by atoms with Gasteiger partial charge in [0.25, 0.3) is 0 Å². The number of benzene rings is 1. The lowest BCUT2D eigenvalue weighted by Crippen LogP contribution is -2.48. The van der Waals surface area contributed by atoms with Crippen LogP contribution in [0.5, 0.6) is 0 Å². The Morgan fingerprint density at radius 2 is 2.07 bits per heavy atom. The maximum absolute atomic E-state index is 12.1. The number of alkyl carbamates (subject to hydrolysis) is 1. The van der Waals surface area contributed by atoms with E-state index in [9.17, 15) is 4.79 Å². The van der Waals surface area contributed by atoms with E-state index in [2.05, 4.69) is 26.5 Å². The molecule has 29 heavy (non-hydrogen) atoms. The second kappa shape index (κ2) is 8.78. The predicted octanol–water partition coefficient (Wildman–Crippen LogP) is 3.52. The number of nitrogen functional groups attached to an aromatic ring is 1. The van der Waals surface area contributed by atoms with Crippen LogP contribution in [0.2, 0.25) is 0 Å². The molecule has 2 heterocycles. The van der Waals surface area contributed by atoms with Crippen LogP contribution in [-0.4, -0.2) is 45.9 Å². The Labute approximate surface area is 172 Å². The molecule has 0 bridgehead atoms. The Morgan fingerprint density at radius 3 is 2.76 bits per heavy atom. The summed E-state index contributed by atoms with van der Waals surface area (Å²) in [5.74, 6) is 0. The molecular formula is C22H31N5O2. The van der Waals surface area contributed by atoms with Gasteiger partial charge in [-0.25, -0.2) is 4.79 Å². The van der Waals surface area contributed by atoms with Gasteiger partial charge in [-0.2, -0.15) is 10.2 Å². The molecule has 2 aromatic rings. The Kier molecular flexibility index (Phi) is 6.37. The summed E-state index contributed by atoms with van der Waals surface area (Å²) in [4.78, 5) is 14.4. The second-order valence-electron chi connectivity index (χ2n) is 8.74. The number of carbonyl (C=O) groups excluding carboxylic acids is 1. The highest BCUT2D eigenvalue weighted by Gasteiger charge is 2.24. The zero-order valence-corrected chi connectivity index (χ0v) is 17.7. The van der Waals surface area contributed by atoms with E-state index in [-0.39, 0.29) is 12.1 Å². The molecule has 0 saturated carbocycles. The lowest BCUT2D eigenvalue weighted by molar-refractivity contribution is 0.0470. The number of rotatable bonds is 4. The van der Waals surface area contributed by atoms with Crippen molar-refractivity contribution in [2.75, 3.05) is 18.8 Å². The van der Waals surface area contributed by atoms with Crippen LogP contribution in [0, 0.1) is 6.92 Å². The van der Waals surface area contributed by atoms with Crippen LogP contribution < -0.4 is 11.1 Å². The van der Waals surface area contributed by atoms with Gasteiger partial charge in [-0.1, -0.05) is 0 Å². The number of hydrogen-bond acceptors (Lipinski definition) is 6. The number of piperidine rings is 1. The summed E-state index contributed by atoms with van der Waals surface area (Å²) in [6.07, 6.45) is 1.63. The number of hydrogen-bond donors (Lipinski definition) is 2. The molecule has 0 unspecified atom stereocenters. The standard InChI is InChI=1S/C22H31N5O2/c1-15-7-8-20(26-25-15)17-10-16(11-18(23)12-17)13-27-9-5-6-19(14-27)24-21(28)29-22(2,3)4/h7-8,10-12,19H,5-6,9,13-14,23H2,1-4H3,(H,24,28)/t19-/m0/s1. The molecule has 1 fully saturated rings. The molecule has 1 saturated heterocycles. The number of aryl methyl sites for hydroxylation is 1. The third-order valence-electron chi connectivity index (χ3n) is 4.74. The molecule has 1 aliphatic rings. The molecule has 7 nitrogen and oxygen atoms in total. The third-order valence-corrected chi connectivity index (χ3v) is 4.74. The van der Waals surface area contributed by atoms with Crippen molar-refractivity contribution in [1.29, 1.82) is 0 Å². The summed E-state index contributed by atoms with van der Waals surface area (Å²) in [5, 5.41) is 11.4. The number of amides is 1. The Morgan fingerprint density at radius 1 is 1.28 bits per heavy atom. The number of nitrogens with two attached hydrogens (primary N) is 1. The highest BCUT2D eigenvalue weighted by atomic mass is 16.6. The number of nitrogens with one attached hydrogen (secondary N) is 1. The van der Waals surface area contributed by atoms with Gasteiger partial charge in [0.05, 0.1) is 11.4 Å². The topological polar surface area (TPSA) is 93.4 Å². The number of nitrogens with zero attached hydrogens (tertiary/aromatic N) is 3. The molecule has 0 aliphatic carbocycles. The summed E-state index contributed by atoms with van der Waals surface area (Å²) in [5.41, 5.74) is 10.1. The minimum atomic E-state index is -0.491. The van der Waals surface area contributed by atoms with Gasteiger partial charge in [-0.05, 0) is 83.0 Å². The fourth-order valence-corrected chi connectivity index (χ4v) is 3.56. The molecule has 1 aliphatic heterocycles. The largest absolute Gasteiger partial charge is 0.444 e. The van der Waals surface area contributed by atoms with Gasteiger partial charge >= 0.3 is 6.09 Å². The van der Waals surface area contributed by atoms with E-state index in [1.807, 2.05) is 52.0 Å². The summed E-state index contributed by atoms with van der Waals surface area (Å²) >= 11 is 0. The first kappa shape index (κ1) is 21.0. The summed E-state index contributed by atoms with van der Waals surface area (Å²) in [6, 6.07) is 10.0. The molecule has 1 atom stereocenters. The second-order valence-corrected chi connectivity index (χ2v) is 8.74. The van der Waals surface area contributed by atoms with Gasteiger partial charge in [0.2, 0.25) is 0 Å². The van der Waals surface area contributed by atoms with Gasteiger partial charge in [0.1, 0.15) is 5.60 Å². The normalized spacial score (nSPS) is 17.7. The highest BCUT2D eigenvalue weighted by molar-refractivity contribution is 5.68. The fraction of sp³-hybridized carbons (Fsp3) is 0.500. The zero-order valence-electron chi connectivity index (χ0n) is 17.7. The van der Waals surface area contributed by atoms with Gasteiger partial charge in [0, 0.05) is 30.4 Å². The van der Waals surface area contributed by atoms with Crippen molar-refractivity contribution in [3.8, 4) is 11.3 Å². The van der Waals surface area contributed by atoms with Crippen molar-refractivity contribution in [2.24, 2.45) is 0 Å². The van der Waals surface area contributed by atoms with E-state index in [0.717, 1.165) is 55.0 Å². The Bertz CT molecular complexity index is 845. The molecule has 1 amide bonds. The molecule has 0 spiro atoms. The first-order valence-corrected chi connectivity index (χ1v) is 10.1. The minimum absolute atomic E-state index is 0.0853. The molecule has 7 heteroatoms. The Balaban J connectivity index is 1.65. The summed E-state index contributed by atoms with van der Waals surface area (Å²) in [7, 11) is 0. The fourth-order valence-electron chi connectivity index (χ4n) is 3.56. The van der Waals surface area contributed by atoms with E-state index in [0.29, 0.717) is 5.69 Å².